The number of anilines is 2. The molecule has 3 aromatic rings. The van der Waals surface area contributed by atoms with Gasteiger partial charge in [0.05, 0.1) is 29.8 Å². The zero-order valence-electron chi connectivity index (χ0n) is 15.1. The number of nitrogens with zero attached hydrogens (tertiary/aromatic N) is 5. The van der Waals surface area contributed by atoms with Crippen molar-refractivity contribution in [2.45, 2.75) is 13.8 Å². The number of carbonyl (C=O) groups is 2. The Morgan fingerprint density at radius 2 is 2.11 bits per heavy atom. The Morgan fingerprint density at radius 1 is 1.32 bits per heavy atom. The molecule has 3 rings (SSSR count). The molecule has 0 bridgehead atoms. The summed E-state index contributed by atoms with van der Waals surface area (Å²) in [5.74, 6) is -0.131. The van der Waals surface area contributed by atoms with Crippen LogP contribution in [0.15, 0.2) is 53.7 Å². The van der Waals surface area contributed by atoms with Gasteiger partial charge in [-0.1, -0.05) is 12.6 Å². The van der Waals surface area contributed by atoms with E-state index in [-0.39, 0.29) is 23.7 Å². The van der Waals surface area contributed by atoms with Crippen LogP contribution in [0.3, 0.4) is 0 Å². The normalized spacial score (nSPS) is 10.5. The lowest BCUT2D eigenvalue weighted by Gasteiger charge is -2.22. The Bertz CT molecular complexity index is 1070. The Labute approximate surface area is 168 Å². The zero-order chi connectivity index (χ0) is 20.3. The molecule has 1 amide bonds. The number of rotatable bonds is 5. The maximum atomic E-state index is 12.8. The molecule has 144 valence electrons. The Morgan fingerprint density at radius 3 is 2.82 bits per heavy atom. The van der Waals surface area contributed by atoms with Crippen LogP contribution in [0.25, 0.3) is 5.65 Å². The number of halogens is 1. The number of allylic oxidation sites excluding steroid dienone is 1. The van der Waals surface area contributed by atoms with Crippen LogP contribution in [0.4, 0.5) is 16.3 Å². The average molecular weight is 446 g/mol. The SMILES string of the molecule is C=C(C)OC(=O)N(c1cccc(C(=O)OCC)c1)c1ncc(Br)n2ncnc12. The van der Waals surface area contributed by atoms with Gasteiger partial charge in [-0.25, -0.2) is 29.0 Å². The Balaban J connectivity index is 2.15. The molecular formula is C18H16BrN5O4. The molecule has 2 heterocycles. The van der Waals surface area contributed by atoms with Crippen LogP contribution in [-0.2, 0) is 9.47 Å². The first kappa shape index (κ1) is 19.5. The second-order valence-electron chi connectivity index (χ2n) is 5.58. The third kappa shape index (κ3) is 3.86. The average Bonchev–Trinajstić information content (AvgIpc) is 3.14. The molecule has 2 aromatic heterocycles. The first-order valence-electron chi connectivity index (χ1n) is 8.21. The fourth-order valence-electron chi connectivity index (χ4n) is 2.43. The van der Waals surface area contributed by atoms with E-state index in [2.05, 4.69) is 37.6 Å². The second kappa shape index (κ2) is 8.17. The summed E-state index contributed by atoms with van der Waals surface area (Å²) in [4.78, 5) is 34.6. The van der Waals surface area contributed by atoms with Crippen molar-refractivity contribution < 1.29 is 19.1 Å². The van der Waals surface area contributed by atoms with E-state index in [1.165, 1.54) is 28.0 Å². The molecular weight excluding hydrogens is 430 g/mol. The van der Waals surface area contributed by atoms with E-state index < -0.39 is 12.1 Å². The molecule has 0 atom stereocenters. The van der Waals surface area contributed by atoms with Crippen molar-refractivity contribution in [3.63, 3.8) is 0 Å². The number of hydrogen-bond donors (Lipinski definition) is 0. The van der Waals surface area contributed by atoms with Crippen molar-refractivity contribution in [1.29, 1.82) is 0 Å². The summed E-state index contributed by atoms with van der Waals surface area (Å²) in [6, 6.07) is 6.36. The molecule has 0 spiro atoms. The molecule has 0 fully saturated rings. The van der Waals surface area contributed by atoms with Gasteiger partial charge in [-0.05, 0) is 48.0 Å². The van der Waals surface area contributed by atoms with Crippen LogP contribution in [0.2, 0.25) is 0 Å². The van der Waals surface area contributed by atoms with Gasteiger partial charge in [0.25, 0.3) is 0 Å². The van der Waals surface area contributed by atoms with Crippen LogP contribution >= 0.6 is 15.9 Å². The smallest absolute Gasteiger partial charge is 0.425 e. The molecule has 28 heavy (non-hydrogen) atoms. The Kier molecular flexibility index (Phi) is 5.69. The van der Waals surface area contributed by atoms with Crippen LogP contribution in [0.1, 0.15) is 24.2 Å². The molecule has 9 nitrogen and oxygen atoms in total. The lowest BCUT2D eigenvalue weighted by atomic mass is 10.2. The van der Waals surface area contributed by atoms with Gasteiger partial charge in [0.15, 0.2) is 11.5 Å². The Hall–Kier alpha value is -3.27. The fraction of sp³-hybridized carbons (Fsp3) is 0.167. The highest BCUT2D eigenvalue weighted by molar-refractivity contribution is 9.10. The number of benzene rings is 1. The highest BCUT2D eigenvalue weighted by atomic mass is 79.9. The van der Waals surface area contributed by atoms with Gasteiger partial charge in [0.1, 0.15) is 10.9 Å². The van der Waals surface area contributed by atoms with Crippen molar-refractivity contribution in [2.75, 3.05) is 11.5 Å². The number of esters is 1. The van der Waals surface area contributed by atoms with Crippen molar-refractivity contribution in [1.82, 2.24) is 19.6 Å². The predicted molar refractivity (Wildman–Crippen MR) is 104 cm³/mol. The molecule has 0 saturated carbocycles. The van der Waals surface area contributed by atoms with Crippen molar-refractivity contribution in [3.8, 4) is 0 Å². The van der Waals surface area contributed by atoms with Crippen LogP contribution in [0, 0.1) is 0 Å². The monoisotopic (exact) mass is 445 g/mol. The highest BCUT2D eigenvalue weighted by Crippen LogP contribution is 2.30. The van der Waals surface area contributed by atoms with Gasteiger partial charge in [-0.15, -0.1) is 0 Å². The van der Waals surface area contributed by atoms with Gasteiger partial charge < -0.3 is 9.47 Å². The van der Waals surface area contributed by atoms with Crippen molar-refractivity contribution in [3.05, 3.63) is 59.3 Å². The summed E-state index contributed by atoms with van der Waals surface area (Å²) in [5.41, 5.74) is 0.938. The maximum absolute atomic E-state index is 12.8. The topological polar surface area (TPSA) is 98.9 Å². The molecule has 10 heteroatoms. The molecule has 0 aliphatic carbocycles. The van der Waals surface area contributed by atoms with E-state index >= 15 is 0 Å². The summed E-state index contributed by atoms with van der Waals surface area (Å²) < 4.78 is 12.2. The predicted octanol–water partition coefficient (Wildman–Crippen LogP) is 3.87. The van der Waals surface area contributed by atoms with Gasteiger partial charge in [-0.2, -0.15) is 5.10 Å². The van der Waals surface area contributed by atoms with Gasteiger partial charge in [-0.3, -0.25) is 0 Å². The first-order valence-corrected chi connectivity index (χ1v) is 9.00. The molecule has 0 radical (unpaired) electrons. The minimum Gasteiger partial charge on any atom is -0.462 e. The lowest BCUT2D eigenvalue weighted by molar-refractivity contribution is 0.0526. The summed E-state index contributed by atoms with van der Waals surface area (Å²) in [5, 5.41) is 4.09. The third-order valence-corrected chi connectivity index (χ3v) is 4.06. The van der Waals surface area contributed by atoms with Crippen LogP contribution in [0.5, 0.6) is 0 Å². The number of ether oxygens (including phenoxy) is 2. The highest BCUT2D eigenvalue weighted by Gasteiger charge is 2.26. The summed E-state index contributed by atoms with van der Waals surface area (Å²) >= 11 is 3.33. The molecule has 0 aliphatic heterocycles. The summed E-state index contributed by atoms with van der Waals surface area (Å²) in [7, 11) is 0. The van der Waals surface area contributed by atoms with Gasteiger partial charge in [0, 0.05) is 0 Å². The molecule has 1 aromatic carbocycles. The first-order chi connectivity index (χ1) is 13.4. The van der Waals surface area contributed by atoms with E-state index in [1.54, 1.807) is 32.0 Å². The van der Waals surface area contributed by atoms with Gasteiger partial charge in [0.2, 0.25) is 0 Å². The summed E-state index contributed by atoms with van der Waals surface area (Å²) in [6.07, 6.45) is 2.06. The number of amides is 1. The van der Waals surface area contributed by atoms with E-state index in [4.69, 9.17) is 9.47 Å². The minimum absolute atomic E-state index is 0.174. The quantitative estimate of drug-likeness (QED) is 0.433. The zero-order valence-corrected chi connectivity index (χ0v) is 16.7. The maximum Gasteiger partial charge on any atom is 0.425 e. The van der Waals surface area contributed by atoms with Crippen molar-refractivity contribution >= 4 is 45.1 Å². The minimum atomic E-state index is -0.756. The lowest BCUT2D eigenvalue weighted by Crippen LogP contribution is -2.28. The van der Waals surface area contributed by atoms with E-state index in [0.29, 0.717) is 15.9 Å². The van der Waals surface area contributed by atoms with E-state index in [9.17, 15) is 9.59 Å². The van der Waals surface area contributed by atoms with E-state index in [1.807, 2.05) is 0 Å². The fourth-order valence-corrected chi connectivity index (χ4v) is 2.79. The third-order valence-electron chi connectivity index (χ3n) is 3.51. The largest absolute Gasteiger partial charge is 0.462 e. The van der Waals surface area contributed by atoms with Crippen molar-refractivity contribution in [2.24, 2.45) is 0 Å². The standard InChI is InChI=1S/C18H16BrN5O4/c1-4-27-17(25)12-6-5-7-13(8-12)23(18(26)28-11(2)3)15-16-21-10-22-24(16)14(19)9-20-15/h5-10H,2,4H2,1,3H3. The molecule has 0 saturated heterocycles. The number of hydrogen-bond acceptors (Lipinski definition) is 7. The second-order valence-corrected chi connectivity index (χ2v) is 6.39. The van der Waals surface area contributed by atoms with Gasteiger partial charge >= 0.3 is 12.1 Å². The van der Waals surface area contributed by atoms with E-state index in [0.717, 1.165) is 0 Å². The molecule has 0 unspecified atom stereocenters. The summed E-state index contributed by atoms with van der Waals surface area (Å²) in [6.45, 7) is 7.09. The number of carbonyl (C=O) groups excluding carboxylic acids is 2. The molecule has 0 N–H and O–H groups in total. The number of fused-ring (bicyclic) bond motifs is 1. The van der Waals surface area contributed by atoms with Crippen LogP contribution in [-0.4, -0.2) is 38.3 Å². The van der Waals surface area contributed by atoms with Crippen LogP contribution < -0.4 is 4.90 Å². The molecule has 0 aliphatic rings. The number of aromatic nitrogens is 4.